The highest BCUT2D eigenvalue weighted by Gasteiger charge is 2.33. The van der Waals surface area contributed by atoms with Gasteiger partial charge in [-0.1, -0.05) is 11.6 Å². The predicted octanol–water partition coefficient (Wildman–Crippen LogP) is 4.41. The Hall–Kier alpha value is -4.27. The van der Waals surface area contributed by atoms with Crippen molar-refractivity contribution < 1.29 is 14.6 Å². The van der Waals surface area contributed by atoms with Crippen molar-refractivity contribution in [3.8, 4) is 11.8 Å². The van der Waals surface area contributed by atoms with E-state index in [9.17, 15) is 15.2 Å². The number of aromatic nitrogens is 3. The summed E-state index contributed by atoms with van der Waals surface area (Å²) < 4.78 is 7.34. The van der Waals surface area contributed by atoms with E-state index in [4.69, 9.17) is 16.3 Å². The molecular formula is C30H35ClN8O3. The van der Waals surface area contributed by atoms with Gasteiger partial charge >= 0.3 is 0 Å². The van der Waals surface area contributed by atoms with E-state index in [1.54, 1.807) is 49.0 Å². The molecule has 11 nitrogen and oxygen atoms in total. The van der Waals surface area contributed by atoms with Gasteiger partial charge in [0.2, 0.25) is 0 Å². The standard InChI is InChI=1S/C30H35ClN8O3/c1-19-7-8-24(31)26(36-19)28(40)37-30(5)9-11-38(12-10-30)20(2)34-16-25(33-6)23-13-22(42-18-29(3,4)41)17-39-27(23)21(14-32)15-35-39/h7-8,13,15-17,41H,6,9-12,18H2,1-5H3,(H,37,40)/b25-16-,34-20?. The highest BCUT2D eigenvalue weighted by Crippen LogP contribution is 2.29. The first kappa shape index (κ1) is 30.7. The number of hydrogen-bond donors (Lipinski definition) is 2. The Morgan fingerprint density at radius 1 is 1.38 bits per heavy atom. The molecule has 4 rings (SSSR count). The van der Waals surface area contributed by atoms with E-state index in [-0.39, 0.29) is 18.2 Å². The number of nitrogens with zero attached hydrogens (tertiary/aromatic N) is 7. The second-order valence-corrected chi connectivity index (χ2v) is 11.7. The van der Waals surface area contributed by atoms with Crippen molar-refractivity contribution in [1.82, 2.24) is 24.8 Å². The molecule has 0 atom stereocenters. The Morgan fingerprint density at radius 3 is 2.74 bits per heavy atom. The van der Waals surface area contributed by atoms with Gasteiger partial charge in [0.05, 0.1) is 46.0 Å². The Kier molecular flexibility index (Phi) is 8.99. The van der Waals surface area contributed by atoms with Crippen molar-refractivity contribution in [1.29, 1.82) is 5.26 Å². The lowest BCUT2D eigenvalue weighted by Crippen LogP contribution is -2.54. The van der Waals surface area contributed by atoms with Crippen molar-refractivity contribution in [2.75, 3.05) is 19.7 Å². The molecule has 0 aromatic carbocycles. The first-order valence-corrected chi connectivity index (χ1v) is 13.9. The van der Waals surface area contributed by atoms with Gasteiger partial charge in [-0.25, -0.2) is 14.5 Å². The summed E-state index contributed by atoms with van der Waals surface area (Å²) >= 11 is 6.22. The summed E-state index contributed by atoms with van der Waals surface area (Å²) in [6.45, 7) is 14.2. The lowest BCUT2D eigenvalue weighted by Gasteiger charge is -2.40. The van der Waals surface area contributed by atoms with Crippen LogP contribution >= 0.6 is 11.6 Å². The summed E-state index contributed by atoms with van der Waals surface area (Å²) in [7, 11) is 0. The number of amides is 1. The number of hydrogen-bond acceptors (Lipinski definition) is 8. The maximum absolute atomic E-state index is 12.9. The van der Waals surface area contributed by atoms with Gasteiger partial charge in [0.25, 0.3) is 5.91 Å². The Balaban J connectivity index is 1.52. The number of carbonyl (C=O) groups is 1. The second-order valence-electron chi connectivity index (χ2n) is 11.3. The monoisotopic (exact) mass is 590 g/mol. The lowest BCUT2D eigenvalue weighted by atomic mass is 9.89. The normalized spacial score (nSPS) is 15.8. The van der Waals surface area contributed by atoms with Gasteiger partial charge in [0.15, 0.2) is 0 Å². The number of aliphatic imine (C=N–C) groups is 2. The van der Waals surface area contributed by atoms with E-state index in [1.165, 1.54) is 6.20 Å². The number of aliphatic hydroxyl groups is 1. The topological polar surface area (TPSA) is 140 Å². The molecule has 0 unspecified atom stereocenters. The quantitative estimate of drug-likeness (QED) is 0.292. The smallest absolute Gasteiger partial charge is 0.271 e. The van der Waals surface area contributed by atoms with Gasteiger partial charge < -0.3 is 20.1 Å². The van der Waals surface area contributed by atoms with Crippen LogP contribution in [-0.2, 0) is 0 Å². The number of fused-ring (bicyclic) bond motifs is 1. The zero-order valence-corrected chi connectivity index (χ0v) is 25.2. The highest BCUT2D eigenvalue weighted by atomic mass is 35.5. The number of likely N-dealkylation sites (tertiary alicyclic amines) is 1. The van der Waals surface area contributed by atoms with Crippen LogP contribution in [0.2, 0.25) is 5.02 Å². The second kappa shape index (κ2) is 12.3. The van der Waals surface area contributed by atoms with Crippen LogP contribution in [0.1, 0.15) is 67.8 Å². The third kappa shape index (κ3) is 7.13. The van der Waals surface area contributed by atoms with Crippen molar-refractivity contribution in [3.05, 3.63) is 64.3 Å². The van der Waals surface area contributed by atoms with Gasteiger partial charge in [-0.3, -0.25) is 9.79 Å². The van der Waals surface area contributed by atoms with Gasteiger partial charge in [0, 0.05) is 29.9 Å². The average Bonchev–Trinajstić information content (AvgIpc) is 3.36. The van der Waals surface area contributed by atoms with Gasteiger partial charge in [-0.2, -0.15) is 10.4 Å². The van der Waals surface area contributed by atoms with Gasteiger partial charge in [-0.05, 0) is 72.4 Å². The Labute approximate surface area is 250 Å². The molecule has 1 amide bonds. The number of piperidine rings is 1. The summed E-state index contributed by atoms with van der Waals surface area (Å²) in [5, 5.41) is 27.5. The van der Waals surface area contributed by atoms with Crippen LogP contribution in [0.4, 0.5) is 0 Å². The number of carbonyl (C=O) groups excluding carboxylic acids is 1. The zero-order chi connectivity index (χ0) is 30.7. The maximum Gasteiger partial charge on any atom is 0.271 e. The average molecular weight is 591 g/mol. The number of aryl methyl sites for hydroxylation is 1. The fourth-order valence-electron chi connectivity index (χ4n) is 4.63. The summed E-state index contributed by atoms with van der Waals surface area (Å²) in [5.41, 5.74) is 1.42. The van der Waals surface area contributed by atoms with Crippen LogP contribution in [0.15, 0.2) is 46.8 Å². The molecule has 1 fully saturated rings. The van der Waals surface area contributed by atoms with E-state index >= 15 is 0 Å². The van der Waals surface area contributed by atoms with Crippen LogP contribution in [0.5, 0.6) is 5.75 Å². The fourth-order valence-corrected chi connectivity index (χ4v) is 4.82. The van der Waals surface area contributed by atoms with E-state index in [2.05, 4.69) is 43.1 Å². The van der Waals surface area contributed by atoms with Crippen molar-refractivity contribution in [2.45, 2.75) is 58.6 Å². The first-order valence-electron chi connectivity index (χ1n) is 13.5. The summed E-state index contributed by atoms with van der Waals surface area (Å²) in [6.07, 6.45) is 6.13. The summed E-state index contributed by atoms with van der Waals surface area (Å²) in [5.74, 6) is 0.931. The Morgan fingerprint density at radius 2 is 2.10 bits per heavy atom. The molecule has 1 aliphatic rings. The molecule has 220 valence electrons. The molecule has 42 heavy (non-hydrogen) atoms. The van der Waals surface area contributed by atoms with Crippen LogP contribution < -0.4 is 10.1 Å². The third-order valence-electron chi connectivity index (χ3n) is 7.06. The highest BCUT2D eigenvalue weighted by molar-refractivity contribution is 6.33. The fraction of sp³-hybridized carbons (Fsp3) is 0.400. The number of nitriles is 1. The molecule has 2 N–H and O–H groups in total. The summed E-state index contributed by atoms with van der Waals surface area (Å²) in [6, 6.07) is 7.35. The van der Waals surface area contributed by atoms with Crippen LogP contribution in [0, 0.1) is 18.3 Å². The molecule has 0 spiro atoms. The minimum absolute atomic E-state index is 0.0605. The molecule has 3 aromatic rings. The van der Waals surface area contributed by atoms with E-state index in [0.717, 1.165) is 11.5 Å². The first-order chi connectivity index (χ1) is 19.8. The third-order valence-corrected chi connectivity index (χ3v) is 7.36. The molecule has 0 saturated carbocycles. The van der Waals surface area contributed by atoms with E-state index in [0.29, 0.717) is 59.0 Å². The molecule has 1 aliphatic heterocycles. The number of rotatable bonds is 8. The number of nitrogens with one attached hydrogen (secondary N) is 1. The minimum atomic E-state index is -1.04. The van der Waals surface area contributed by atoms with Gasteiger partial charge in [0.1, 0.15) is 30.0 Å². The van der Waals surface area contributed by atoms with E-state index in [1.807, 2.05) is 20.8 Å². The predicted molar refractivity (Wildman–Crippen MR) is 163 cm³/mol. The van der Waals surface area contributed by atoms with Gasteiger partial charge in [-0.15, -0.1) is 0 Å². The van der Waals surface area contributed by atoms with E-state index < -0.39 is 11.1 Å². The molecular weight excluding hydrogens is 556 g/mol. The van der Waals surface area contributed by atoms with Crippen molar-refractivity contribution in [3.63, 3.8) is 0 Å². The minimum Gasteiger partial charge on any atom is -0.489 e. The number of halogens is 1. The van der Waals surface area contributed by atoms with Crippen LogP contribution in [0.25, 0.3) is 11.2 Å². The molecule has 4 heterocycles. The molecule has 0 bridgehead atoms. The largest absolute Gasteiger partial charge is 0.489 e. The van der Waals surface area contributed by atoms with Crippen molar-refractivity contribution >= 4 is 41.3 Å². The number of amidine groups is 1. The van der Waals surface area contributed by atoms with Crippen molar-refractivity contribution in [2.24, 2.45) is 9.98 Å². The number of ether oxygens (including phenoxy) is 1. The van der Waals surface area contributed by atoms with Crippen LogP contribution in [0.3, 0.4) is 0 Å². The molecule has 1 saturated heterocycles. The summed E-state index contributed by atoms with van der Waals surface area (Å²) in [4.78, 5) is 28.2. The molecule has 3 aromatic heterocycles. The SMILES string of the molecule is C=N/C(=C\N=C(C)N1CCC(C)(NC(=O)c2nc(C)ccc2Cl)CC1)c1cc(OCC(C)(C)O)cn2ncc(C#N)c12. The molecule has 0 radical (unpaired) electrons. The molecule has 12 heteroatoms. The van der Waals surface area contributed by atoms with Crippen LogP contribution in [-0.4, -0.2) is 73.9 Å². The number of pyridine rings is 2. The lowest BCUT2D eigenvalue weighted by molar-refractivity contribution is 0.0283. The zero-order valence-electron chi connectivity index (χ0n) is 24.5. The maximum atomic E-state index is 12.9. The Bertz CT molecular complexity index is 1600. The molecule has 0 aliphatic carbocycles.